The summed E-state index contributed by atoms with van der Waals surface area (Å²) in [5.74, 6) is -2.03. The summed E-state index contributed by atoms with van der Waals surface area (Å²) in [4.78, 5) is 36.4. The molecule has 0 aliphatic carbocycles. The summed E-state index contributed by atoms with van der Waals surface area (Å²) in [6.07, 6.45) is -0.658. The average molecular weight is 411 g/mol. The fourth-order valence-corrected chi connectivity index (χ4v) is 2.93. The molecular formula is C22H22FN3O4. The number of amides is 2. The Morgan fingerprint density at radius 2 is 1.90 bits per heavy atom. The van der Waals surface area contributed by atoms with E-state index >= 15 is 0 Å². The molecule has 0 saturated heterocycles. The normalized spacial score (nSPS) is 14.1. The van der Waals surface area contributed by atoms with E-state index in [1.807, 2.05) is 30.3 Å². The number of anilines is 1. The van der Waals surface area contributed by atoms with Gasteiger partial charge in [0.1, 0.15) is 5.82 Å². The lowest BCUT2D eigenvalue weighted by Crippen LogP contribution is -2.30. The Kier molecular flexibility index (Phi) is 6.90. The first-order valence-electron chi connectivity index (χ1n) is 9.61. The predicted octanol–water partition coefficient (Wildman–Crippen LogP) is 3.11. The second kappa shape index (κ2) is 9.78. The number of ether oxygens (including phenoxy) is 1. The van der Waals surface area contributed by atoms with Crippen LogP contribution < -0.4 is 5.32 Å². The van der Waals surface area contributed by atoms with Gasteiger partial charge in [0.05, 0.1) is 18.7 Å². The quantitative estimate of drug-likeness (QED) is 0.709. The Labute approximate surface area is 173 Å². The van der Waals surface area contributed by atoms with Crippen LogP contribution in [-0.2, 0) is 19.1 Å². The first-order chi connectivity index (χ1) is 14.4. The topological polar surface area (TPSA) is 88.1 Å². The summed E-state index contributed by atoms with van der Waals surface area (Å²) >= 11 is 0. The van der Waals surface area contributed by atoms with E-state index in [4.69, 9.17) is 4.74 Å². The second-order valence-electron chi connectivity index (χ2n) is 6.81. The minimum Gasteiger partial charge on any atom is -0.453 e. The predicted molar refractivity (Wildman–Crippen MR) is 109 cm³/mol. The summed E-state index contributed by atoms with van der Waals surface area (Å²) in [5, 5.41) is 8.16. The SMILES string of the molecule is C[C@@H](OC(=O)CCC(=O)N1CCC(c2ccccc2)=N1)C(=O)Nc1cccc(F)c1. The zero-order valence-corrected chi connectivity index (χ0v) is 16.5. The maximum Gasteiger partial charge on any atom is 0.307 e. The Hall–Kier alpha value is -3.55. The van der Waals surface area contributed by atoms with E-state index in [-0.39, 0.29) is 24.4 Å². The van der Waals surface area contributed by atoms with Crippen molar-refractivity contribution in [1.82, 2.24) is 5.01 Å². The fourth-order valence-electron chi connectivity index (χ4n) is 2.93. The van der Waals surface area contributed by atoms with Crippen LogP contribution in [0.5, 0.6) is 0 Å². The number of halogens is 1. The summed E-state index contributed by atoms with van der Waals surface area (Å²) in [5.41, 5.74) is 2.05. The number of carbonyl (C=O) groups is 3. The van der Waals surface area contributed by atoms with Gasteiger partial charge in [-0.05, 0) is 30.7 Å². The number of rotatable bonds is 7. The van der Waals surface area contributed by atoms with Crippen LogP contribution in [0.4, 0.5) is 10.1 Å². The molecule has 0 aromatic heterocycles. The monoisotopic (exact) mass is 411 g/mol. The lowest BCUT2D eigenvalue weighted by molar-refractivity contribution is -0.154. The van der Waals surface area contributed by atoms with E-state index in [2.05, 4.69) is 10.4 Å². The zero-order chi connectivity index (χ0) is 21.5. The van der Waals surface area contributed by atoms with Gasteiger partial charge in [0.2, 0.25) is 5.91 Å². The van der Waals surface area contributed by atoms with E-state index in [9.17, 15) is 18.8 Å². The molecule has 8 heteroatoms. The molecule has 30 heavy (non-hydrogen) atoms. The molecule has 1 heterocycles. The van der Waals surface area contributed by atoms with Crippen LogP contribution in [-0.4, -0.2) is 41.2 Å². The second-order valence-corrected chi connectivity index (χ2v) is 6.81. The van der Waals surface area contributed by atoms with Gasteiger partial charge in [-0.3, -0.25) is 14.4 Å². The highest BCUT2D eigenvalue weighted by atomic mass is 19.1. The van der Waals surface area contributed by atoms with Crippen LogP contribution in [0.2, 0.25) is 0 Å². The molecule has 0 fully saturated rings. The zero-order valence-electron chi connectivity index (χ0n) is 16.5. The van der Waals surface area contributed by atoms with E-state index in [1.54, 1.807) is 0 Å². The molecular weight excluding hydrogens is 389 g/mol. The molecule has 156 valence electrons. The first-order valence-corrected chi connectivity index (χ1v) is 9.61. The van der Waals surface area contributed by atoms with Gasteiger partial charge < -0.3 is 10.1 Å². The van der Waals surface area contributed by atoms with Crippen molar-refractivity contribution in [2.45, 2.75) is 32.3 Å². The van der Waals surface area contributed by atoms with Crippen molar-refractivity contribution >= 4 is 29.2 Å². The Balaban J connectivity index is 1.44. The lowest BCUT2D eigenvalue weighted by Gasteiger charge is -2.14. The first kappa shape index (κ1) is 21.2. The third-order valence-electron chi connectivity index (χ3n) is 4.51. The molecule has 2 aromatic carbocycles. The molecule has 3 rings (SSSR count). The number of hydrogen-bond donors (Lipinski definition) is 1. The van der Waals surface area contributed by atoms with Gasteiger partial charge in [0.15, 0.2) is 6.10 Å². The molecule has 0 spiro atoms. The average Bonchev–Trinajstić information content (AvgIpc) is 3.23. The van der Waals surface area contributed by atoms with Gasteiger partial charge in [-0.15, -0.1) is 0 Å². The largest absolute Gasteiger partial charge is 0.453 e. The van der Waals surface area contributed by atoms with Crippen LogP contribution in [0, 0.1) is 5.82 Å². The van der Waals surface area contributed by atoms with Gasteiger partial charge in [0, 0.05) is 18.5 Å². The highest BCUT2D eigenvalue weighted by molar-refractivity contribution is 6.02. The number of nitrogens with zero attached hydrogens (tertiary/aromatic N) is 2. The number of nitrogens with one attached hydrogen (secondary N) is 1. The van der Waals surface area contributed by atoms with Crippen molar-refractivity contribution in [3.8, 4) is 0 Å². The molecule has 0 bridgehead atoms. The molecule has 7 nitrogen and oxygen atoms in total. The highest BCUT2D eigenvalue weighted by Gasteiger charge is 2.23. The van der Waals surface area contributed by atoms with Crippen molar-refractivity contribution in [3.05, 3.63) is 66.0 Å². The molecule has 0 saturated carbocycles. The highest BCUT2D eigenvalue weighted by Crippen LogP contribution is 2.15. The summed E-state index contributed by atoms with van der Waals surface area (Å²) in [6.45, 7) is 1.87. The number of esters is 1. The van der Waals surface area contributed by atoms with Gasteiger partial charge in [-0.25, -0.2) is 9.40 Å². The smallest absolute Gasteiger partial charge is 0.307 e. The number of hydrazone groups is 1. The molecule has 1 atom stereocenters. The number of benzene rings is 2. The molecule has 2 amide bonds. The lowest BCUT2D eigenvalue weighted by atomic mass is 10.1. The molecule has 1 aliphatic heterocycles. The maximum atomic E-state index is 13.2. The maximum absolute atomic E-state index is 13.2. The van der Waals surface area contributed by atoms with Crippen LogP contribution >= 0.6 is 0 Å². The molecule has 0 radical (unpaired) electrons. The van der Waals surface area contributed by atoms with Gasteiger partial charge >= 0.3 is 5.97 Å². The Morgan fingerprint density at radius 1 is 1.13 bits per heavy atom. The van der Waals surface area contributed by atoms with Crippen molar-refractivity contribution in [2.75, 3.05) is 11.9 Å². The summed E-state index contributed by atoms with van der Waals surface area (Å²) in [6, 6.07) is 15.0. The van der Waals surface area contributed by atoms with Crippen LogP contribution in [0.3, 0.4) is 0 Å². The van der Waals surface area contributed by atoms with Crippen molar-refractivity contribution in [1.29, 1.82) is 0 Å². The van der Waals surface area contributed by atoms with Crippen LogP contribution in [0.25, 0.3) is 0 Å². The minimum atomic E-state index is -1.08. The third-order valence-corrected chi connectivity index (χ3v) is 4.51. The molecule has 1 aliphatic rings. The summed E-state index contributed by atoms with van der Waals surface area (Å²) in [7, 11) is 0. The van der Waals surface area contributed by atoms with Crippen molar-refractivity contribution in [2.24, 2.45) is 5.10 Å². The fraction of sp³-hybridized carbons (Fsp3) is 0.273. The number of carbonyl (C=O) groups excluding carboxylic acids is 3. The molecule has 2 aromatic rings. The van der Waals surface area contributed by atoms with Crippen LogP contribution in [0.1, 0.15) is 31.7 Å². The Morgan fingerprint density at radius 3 is 2.63 bits per heavy atom. The van der Waals surface area contributed by atoms with Crippen molar-refractivity contribution in [3.63, 3.8) is 0 Å². The van der Waals surface area contributed by atoms with E-state index in [1.165, 1.54) is 30.1 Å². The van der Waals surface area contributed by atoms with Crippen LogP contribution in [0.15, 0.2) is 59.7 Å². The van der Waals surface area contributed by atoms with Gasteiger partial charge in [-0.2, -0.15) is 5.10 Å². The van der Waals surface area contributed by atoms with Gasteiger partial charge in [-0.1, -0.05) is 36.4 Å². The standard InChI is InChI=1S/C22H22FN3O4/c1-15(22(29)24-18-9-5-8-17(23)14-18)30-21(28)11-10-20(27)26-13-12-19(25-26)16-6-3-2-4-7-16/h2-9,14-15H,10-13H2,1H3,(H,24,29)/t15-/m1/s1. The van der Waals surface area contributed by atoms with Crippen molar-refractivity contribution < 1.29 is 23.5 Å². The third kappa shape index (κ3) is 5.73. The molecule has 0 unspecified atom stereocenters. The van der Waals surface area contributed by atoms with E-state index in [0.29, 0.717) is 13.0 Å². The van der Waals surface area contributed by atoms with E-state index < -0.39 is 23.8 Å². The van der Waals surface area contributed by atoms with Gasteiger partial charge in [0.25, 0.3) is 5.91 Å². The number of hydrogen-bond acceptors (Lipinski definition) is 5. The Bertz CT molecular complexity index is 962. The van der Waals surface area contributed by atoms with E-state index in [0.717, 1.165) is 17.3 Å². The minimum absolute atomic E-state index is 0.0668. The summed E-state index contributed by atoms with van der Waals surface area (Å²) < 4.78 is 18.2. The molecule has 1 N–H and O–H groups in total.